The molecule has 0 saturated carbocycles. The van der Waals surface area contributed by atoms with Crippen LogP contribution >= 0.6 is 0 Å². The molecule has 0 fully saturated rings. The molecule has 0 aliphatic carbocycles. The number of aliphatic carboxylic acids is 1. The first-order valence-electron chi connectivity index (χ1n) is 5.25. The van der Waals surface area contributed by atoms with Crippen LogP contribution in [-0.2, 0) is 9.59 Å². The van der Waals surface area contributed by atoms with Crippen molar-refractivity contribution in [3.8, 4) is 0 Å². The van der Waals surface area contributed by atoms with Gasteiger partial charge in [0.1, 0.15) is 6.42 Å². The van der Waals surface area contributed by atoms with E-state index in [1.54, 1.807) is 6.92 Å². The molecule has 1 N–H and O–H groups in total. The van der Waals surface area contributed by atoms with Crippen LogP contribution in [0.1, 0.15) is 24.9 Å². The number of hydrogen-bond acceptors (Lipinski definition) is 2. The Balaban J connectivity index is 2.85. The highest BCUT2D eigenvalue weighted by molar-refractivity contribution is 5.93. The van der Waals surface area contributed by atoms with E-state index in [9.17, 15) is 18.4 Å². The molecule has 0 saturated heterocycles. The normalized spacial score (nSPS) is 12.0. The first-order chi connectivity index (χ1) is 8.32. The van der Waals surface area contributed by atoms with E-state index >= 15 is 0 Å². The highest BCUT2D eigenvalue weighted by atomic mass is 19.2. The summed E-state index contributed by atoms with van der Waals surface area (Å²) in [7, 11) is 1.41. The van der Waals surface area contributed by atoms with Crippen LogP contribution in [0.2, 0.25) is 0 Å². The summed E-state index contributed by atoms with van der Waals surface area (Å²) < 4.78 is 25.8. The molecule has 1 aromatic carbocycles. The van der Waals surface area contributed by atoms with Crippen molar-refractivity contribution in [2.45, 2.75) is 19.4 Å². The summed E-state index contributed by atoms with van der Waals surface area (Å²) in [5.74, 6) is -3.80. The molecule has 4 nitrogen and oxygen atoms in total. The molecule has 1 unspecified atom stereocenters. The van der Waals surface area contributed by atoms with Gasteiger partial charge in [-0.1, -0.05) is 6.07 Å². The summed E-state index contributed by atoms with van der Waals surface area (Å²) in [5.41, 5.74) is 0.398. The van der Waals surface area contributed by atoms with Gasteiger partial charge in [0.25, 0.3) is 0 Å². The van der Waals surface area contributed by atoms with Crippen LogP contribution in [0.5, 0.6) is 0 Å². The van der Waals surface area contributed by atoms with Crippen LogP contribution < -0.4 is 0 Å². The molecule has 0 radical (unpaired) electrons. The van der Waals surface area contributed by atoms with Gasteiger partial charge >= 0.3 is 5.97 Å². The van der Waals surface area contributed by atoms with Crippen LogP contribution in [-0.4, -0.2) is 28.9 Å². The number of rotatable bonds is 4. The average Bonchev–Trinajstić information content (AvgIpc) is 2.30. The second kappa shape index (κ2) is 5.57. The first kappa shape index (κ1) is 14.1. The van der Waals surface area contributed by atoms with Gasteiger partial charge in [0.05, 0.1) is 6.04 Å². The number of amides is 1. The Hall–Kier alpha value is -1.98. The summed E-state index contributed by atoms with van der Waals surface area (Å²) in [6.07, 6.45) is -0.634. The zero-order chi connectivity index (χ0) is 13.9. The Morgan fingerprint density at radius 3 is 2.44 bits per heavy atom. The SMILES string of the molecule is CC(c1ccc(F)c(F)c1)N(C)C(=O)CC(=O)O. The average molecular weight is 257 g/mol. The summed E-state index contributed by atoms with van der Waals surface area (Å²) in [6, 6.07) is 2.78. The highest BCUT2D eigenvalue weighted by Gasteiger charge is 2.20. The Morgan fingerprint density at radius 1 is 1.33 bits per heavy atom. The molecule has 98 valence electrons. The molecule has 0 heterocycles. The van der Waals surface area contributed by atoms with Crippen LogP contribution in [0.3, 0.4) is 0 Å². The molecule has 1 rings (SSSR count). The number of carbonyl (C=O) groups is 2. The number of carboxylic acid groups (broad SMARTS) is 1. The van der Waals surface area contributed by atoms with Crippen molar-refractivity contribution >= 4 is 11.9 Å². The lowest BCUT2D eigenvalue weighted by Gasteiger charge is -2.24. The van der Waals surface area contributed by atoms with Gasteiger partial charge in [-0.3, -0.25) is 9.59 Å². The topological polar surface area (TPSA) is 57.6 Å². The summed E-state index contributed by atoms with van der Waals surface area (Å²) in [4.78, 5) is 23.1. The van der Waals surface area contributed by atoms with E-state index in [-0.39, 0.29) is 0 Å². The van der Waals surface area contributed by atoms with E-state index in [4.69, 9.17) is 5.11 Å². The van der Waals surface area contributed by atoms with Gasteiger partial charge in [-0.25, -0.2) is 8.78 Å². The lowest BCUT2D eigenvalue weighted by Crippen LogP contribution is -2.31. The van der Waals surface area contributed by atoms with E-state index in [0.717, 1.165) is 12.1 Å². The highest BCUT2D eigenvalue weighted by Crippen LogP contribution is 2.21. The molecule has 0 aliphatic rings. The molecule has 0 aliphatic heterocycles. The third kappa shape index (κ3) is 3.26. The molecule has 0 bridgehead atoms. The maximum Gasteiger partial charge on any atom is 0.312 e. The van der Waals surface area contributed by atoms with E-state index in [0.29, 0.717) is 5.56 Å². The van der Waals surface area contributed by atoms with Crippen molar-refractivity contribution in [1.82, 2.24) is 4.90 Å². The van der Waals surface area contributed by atoms with Gasteiger partial charge in [-0.15, -0.1) is 0 Å². The van der Waals surface area contributed by atoms with Crippen LogP contribution in [0.25, 0.3) is 0 Å². The molecule has 1 atom stereocenters. The Bertz CT molecular complexity index is 476. The van der Waals surface area contributed by atoms with Gasteiger partial charge in [-0.05, 0) is 24.6 Å². The number of carbonyl (C=O) groups excluding carboxylic acids is 1. The molecule has 18 heavy (non-hydrogen) atoms. The van der Waals surface area contributed by atoms with Gasteiger partial charge in [0.15, 0.2) is 11.6 Å². The monoisotopic (exact) mass is 257 g/mol. The third-order valence-corrected chi connectivity index (χ3v) is 2.70. The Kier molecular flexibility index (Phi) is 4.36. The molecule has 1 amide bonds. The van der Waals surface area contributed by atoms with E-state index in [2.05, 4.69) is 0 Å². The van der Waals surface area contributed by atoms with Gasteiger partial charge in [0, 0.05) is 7.05 Å². The van der Waals surface area contributed by atoms with Crippen LogP contribution in [0.15, 0.2) is 18.2 Å². The minimum Gasteiger partial charge on any atom is -0.481 e. The van der Waals surface area contributed by atoms with Crippen molar-refractivity contribution in [2.75, 3.05) is 7.05 Å². The van der Waals surface area contributed by atoms with E-state index < -0.39 is 36.0 Å². The van der Waals surface area contributed by atoms with Gasteiger partial charge < -0.3 is 10.0 Å². The summed E-state index contributed by atoms with van der Waals surface area (Å²) in [6.45, 7) is 1.60. The summed E-state index contributed by atoms with van der Waals surface area (Å²) in [5, 5.41) is 8.51. The lowest BCUT2D eigenvalue weighted by molar-refractivity contribution is -0.144. The van der Waals surface area contributed by atoms with Gasteiger partial charge in [-0.2, -0.15) is 0 Å². The molecule has 1 aromatic rings. The van der Waals surface area contributed by atoms with Crippen molar-refractivity contribution in [1.29, 1.82) is 0 Å². The van der Waals surface area contributed by atoms with Gasteiger partial charge in [0.2, 0.25) is 5.91 Å². The number of nitrogens with zero attached hydrogens (tertiary/aromatic N) is 1. The third-order valence-electron chi connectivity index (χ3n) is 2.70. The van der Waals surface area contributed by atoms with Crippen molar-refractivity contribution in [3.63, 3.8) is 0 Å². The molecular formula is C12H13F2NO3. The van der Waals surface area contributed by atoms with E-state index in [1.807, 2.05) is 0 Å². The minimum atomic E-state index is -1.23. The quantitative estimate of drug-likeness (QED) is 0.839. The Morgan fingerprint density at radius 2 is 1.94 bits per heavy atom. The van der Waals surface area contributed by atoms with Crippen molar-refractivity contribution in [3.05, 3.63) is 35.4 Å². The predicted molar refractivity (Wildman–Crippen MR) is 59.8 cm³/mol. The zero-order valence-electron chi connectivity index (χ0n) is 9.98. The largest absolute Gasteiger partial charge is 0.481 e. The summed E-state index contributed by atoms with van der Waals surface area (Å²) >= 11 is 0. The fourth-order valence-corrected chi connectivity index (χ4v) is 1.47. The molecule has 0 spiro atoms. The van der Waals surface area contributed by atoms with E-state index in [1.165, 1.54) is 18.0 Å². The van der Waals surface area contributed by atoms with Crippen LogP contribution in [0.4, 0.5) is 8.78 Å². The second-order valence-electron chi connectivity index (χ2n) is 3.92. The zero-order valence-corrected chi connectivity index (χ0v) is 9.98. The number of carboxylic acids is 1. The molecular weight excluding hydrogens is 244 g/mol. The number of halogens is 2. The lowest BCUT2D eigenvalue weighted by atomic mass is 10.1. The van der Waals surface area contributed by atoms with Crippen molar-refractivity contribution in [2.24, 2.45) is 0 Å². The van der Waals surface area contributed by atoms with Crippen LogP contribution in [0, 0.1) is 11.6 Å². The first-order valence-corrected chi connectivity index (χ1v) is 5.25. The Labute approximate surface area is 103 Å². The second-order valence-corrected chi connectivity index (χ2v) is 3.92. The molecule has 6 heteroatoms. The fourth-order valence-electron chi connectivity index (χ4n) is 1.47. The number of benzene rings is 1. The minimum absolute atomic E-state index is 0.398. The maximum absolute atomic E-state index is 13.0. The number of hydrogen-bond donors (Lipinski definition) is 1. The smallest absolute Gasteiger partial charge is 0.312 e. The fraction of sp³-hybridized carbons (Fsp3) is 0.333. The standard InChI is InChI=1S/C12H13F2NO3/c1-7(15(2)11(16)6-12(17)18)8-3-4-9(13)10(14)5-8/h3-5,7H,6H2,1-2H3,(H,17,18). The van der Waals surface area contributed by atoms with Crippen molar-refractivity contribution < 1.29 is 23.5 Å². The molecule has 0 aromatic heterocycles. The predicted octanol–water partition coefficient (Wildman–Crippen LogP) is 1.96. The maximum atomic E-state index is 13.0.